The molecule has 4 N–H and O–H groups in total. The van der Waals surface area contributed by atoms with E-state index in [0.717, 1.165) is 28.3 Å². The lowest BCUT2D eigenvalue weighted by Gasteiger charge is -2.12. The Hall–Kier alpha value is -2.85. The quantitative estimate of drug-likeness (QED) is 0.500. The van der Waals surface area contributed by atoms with Crippen molar-refractivity contribution in [3.8, 4) is 11.1 Å². The first kappa shape index (κ1) is 14.1. The standard InChI is InChI=1S/C18H18N4/c1-13-7-9-14(10-8-13)16-12-20-18(11-17(16)22-19)21-15-5-3-2-4-6-15/h2-12H,19H2,1H3,(H2,20,21,22). The second-order valence-corrected chi connectivity index (χ2v) is 5.12. The maximum absolute atomic E-state index is 5.67. The number of nitrogens with two attached hydrogens (primary N) is 1. The number of hydrogen-bond donors (Lipinski definition) is 3. The summed E-state index contributed by atoms with van der Waals surface area (Å²) >= 11 is 0. The van der Waals surface area contributed by atoms with Crippen LogP contribution in [-0.4, -0.2) is 4.98 Å². The first-order chi connectivity index (χ1) is 10.8. The highest BCUT2D eigenvalue weighted by Crippen LogP contribution is 2.29. The SMILES string of the molecule is Cc1ccc(-c2cnc(Nc3ccccc3)cc2NN)cc1. The predicted molar refractivity (Wildman–Crippen MR) is 91.9 cm³/mol. The molecule has 2 aromatic carbocycles. The van der Waals surface area contributed by atoms with Crippen LogP contribution >= 0.6 is 0 Å². The van der Waals surface area contributed by atoms with E-state index in [0.29, 0.717) is 0 Å². The van der Waals surface area contributed by atoms with Gasteiger partial charge in [0.05, 0.1) is 5.69 Å². The first-order valence-electron chi connectivity index (χ1n) is 7.12. The molecule has 0 radical (unpaired) electrons. The number of nitrogen functional groups attached to an aromatic ring is 1. The summed E-state index contributed by atoms with van der Waals surface area (Å²) in [4.78, 5) is 4.47. The predicted octanol–water partition coefficient (Wildman–Crippen LogP) is 4.09. The van der Waals surface area contributed by atoms with Gasteiger partial charge in [-0.1, -0.05) is 48.0 Å². The molecule has 1 aromatic heterocycles. The highest BCUT2D eigenvalue weighted by molar-refractivity contribution is 5.79. The van der Waals surface area contributed by atoms with Crippen molar-refractivity contribution in [2.75, 3.05) is 10.7 Å². The molecule has 0 unspecified atom stereocenters. The van der Waals surface area contributed by atoms with Crippen molar-refractivity contribution in [1.29, 1.82) is 0 Å². The average molecular weight is 290 g/mol. The van der Waals surface area contributed by atoms with Gasteiger partial charge >= 0.3 is 0 Å². The second kappa shape index (κ2) is 6.28. The van der Waals surface area contributed by atoms with Crippen molar-refractivity contribution < 1.29 is 0 Å². The van der Waals surface area contributed by atoms with E-state index in [1.54, 1.807) is 0 Å². The molecule has 0 bridgehead atoms. The van der Waals surface area contributed by atoms with Gasteiger partial charge in [0, 0.05) is 23.5 Å². The maximum Gasteiger partial charge on any atom is 0.132 e. The monoisotopic (exact) mass is 290 g/mol. The Morgan fingerprint density at radius 1 is 0.955 bits per heavy atom. The van der Waals surface area contributed by atoms with Crippen molar-refractivity contribution in [3.63, 3.8) is 0 Å². The van der Waals surface area contributed by atoms with Crippen LogP contribution < -0.4 is 16.6 Å². The number of para-hydroxylation sites is 1. The third kappa shape index (κ3) is 3.07. The van der Waals surface area contributed by atoms with Gasteiger partial charge in [0.1, 0.15) is 5.82 Å². The van der Waals surface area contributed by atoms with Gasteiger partial charge in [0.15, 0.2) is 0 Å². The number of pyridine rings is 1. The van der Waals surface area contributed by atoms with Crippen LogP contribution in [0.4, 0.5) is 17.2 Å². The Morgan fingerprint density at radius 3 is 2.36 bits per heavy atom. The molecule has 0 aliphatic heterocycles. The first-order valence-corrected chi connectivity index (χ1v) is 7.12. The summed E-state index contributed by atoms with van der Waals surface area (Å²) in [6, 6.07) is 20.1. The van der Waals surface area contributed by atoms with E-state index in [1.807, 2.05) is 42.6 Å². The van der Waals surface area contributed by atoms with Crippen molar-refractivity contribution in [3.05, 3.63) is 72.4 Å². The lowest BCUT2D eigenvalue weighted by molar-refractivity contribution is 1.27. The fraction of sp³-hybridized carbons (Fsp3) is 0.0556. The minimum Gasteiger partial charge on any atom is -0.340 e. The van der Waals surface area contributed by atoms with Gasteiger partial charge in [-0.25, -0.2) is 4.98 Å². The Balaban J connectivity index is 1.92. The molecule has 0 saturated heterocycles. The number of nitrogens with one attached hydrogen (secondary N) is 2. The third-order valence-electron chi connectivity index (χ3n) is 3.47. The molecular formula is C18H18N4. The molecule has 4 heteroatoms. The summed E-state index contributed by atoms with van der Waals surface area (Å²) in [7, 11) is 0. The number of hydrazine groups is 1. The molecule has 0 fully saturated rings. The molecule has 110 valence electrons. The maximum atomic E-state index is 5.67. The van der Waals surface area contributed by atoms with Gasteiger partial charge in [0.2, 0.25) is 0 Å². The van der Waals surface area contributed by atoms with Crippen LogP contribution in [0.5, 0.6) is 0 Å². The van der Waals surface area contributed by atoms with E-state index in [2.05, 4.69) is 46.9 Å². The third-order valence-corrected chi connectivity index (χ3v) is 3.47. The lowest BCUT2D eigenvalue weighted by Crippen LogP contribution is -2.09. The molecule has 0 saturated carbocycles. The molecular weight excluding hydrogens is 272 g/mol. The molecule has 1 heterocycles. The molecule has 0 atom stereocenters. The minimum absolute atomic E-state index is 0.745. The van der Waals surface area contributed by atoms with E-state index < -0.39 is 0 Å². The van der Waals surface area contributed by atoms with Crippen LogP contribution in [-0.2, 0) is 0 Å². The number of aromatic nitrogens is 1. The van der Waals surface area contributed by atoms with Gasteiger partial charge in [-0.3, -0.25) is 5.84 Å². The molecule has 3 rings (SSSR count). The van der Waals surface area contributed by atoms with Gasteiger partial charge in [0.25, 0.3) is 0 Å². The van der Waals surface area contributed by atoms with Crippen LogP contribution in [0.2, 0.25) is 0 Å². The van der Waals surface area contributed by atoms with Crippen molar-refractivity contribution >= 4 is 17.2 Å². The van der Waals surface area contributed by atoms with Gasteiger partial charge < -0.3 is 10.7 Å². The zero-order valence-electron chi connectivity index (χ0n) is 12.4. The van der Waals surface area contributed by atoms with Crippen molar-refractivity contribution in [2.24, 2.45) is 5.84 Å². The molecule has 22 heavy (non-hydrogen) atoms. The number of anilines is 3. The van der Waals surface area contributed by atoms with E-state index in [-0.39, 0.29) is 0 Å². The van der Waals surface area contributed by atoms with Crippen molar-refractivity contribution in [2.45, 2.75) is 6.92 Å². The largest absolute Gasteiger partial charge is 0.340 e. The molecule has 0 amide bonds. The summed E-state index contributed by atoms with van der Waals surface area (Å²) in [5, 5.41) is 3.26. The van der Waals surface area contributed by atoms with Crippen LogP contribution in [0, 0.1) is 6.92 Å². The Bertz CT molecular complexity index is 752. The van der Waals surface area contributed by atoms with Crippen LogP contribution in [0.3, 0.4) is 0 Å². The second-order valence-electron chi connectivity index (χ2n) is 5.12. The summed E-state index contributed by atoms with van der Waals surface area (Å²) < 4.78 is 0. The van der Waals surface area contributed by atoms with Crippen LogP contribution in [0.15, 0.2) is 66.9 Å². The Labute approximate surface area is 130 Å². The van der Waals surface area contributed by atoms with Crippen LogP contribution in [0.25, 0.3) is 11.1 Å². The Morgan fingerprint density at radius 2 is 1.68 bits per heavy atom. The topological polar surface area (TPSA) is 63.0 Å². The van der Waals surface area contributed by atoms with Gasteiger partial charge in [-0.05, 0) is 24.6 Å². The summed E-state index contributed by atoms with van der Waals surface area (Å²) in [5.41, 5.74) is 7.85. The molecule has 3 aromatic rings. The fourth-order valence-electron chi connectivity index (χ4n) is 2.28. The van der Waals surface area contributed by atoms with E-state index in [1.165, 1.54) is 5.56 Å². The zero-order valence-corrected chi connectivity index (χ0v) is 12.4. The number of rotatable bonds is 4. The number of hydrogen-bond acceptors (Lipinski definition) is 4. The Kier molecular flexibility index (Phi) is 4.03. The molecule has 4 nitrogen and oxygen atoms in total. The van der Waals surface area contributed by atoms with E-state index in [4.69, 9.17) is 5.84 Å². The summed E-state index contributed by atoms with van der Waals surface area (Å²) in [6.45, 7) is 2.07. The highest BCUT2D eigenvalue weighted by Gasteiger charge is 2.07. The van der Waals surface area contributed by atoms with Gasteiger partial charge in [-0.15, -0.1) is 0 Å². The van der Waals surface area contributed by atoms with Gasteiger partial charge in [-0.2, -0.15) is 0 Å². The lowest BCUT2D eigenvalue weighted by atomic mass is 10.0. The highest BCUT2D eigenvalue weighted by atomic mass is 15.2. The zero-order chi connectivity index (χ0) is 15.4. The van der Waals surface area contributed by atoms with Crippen LogP contribution in [0.1, 0.15) is 5.56 Å². The van der Waals surface area contributed by atoms with E-state index >= 15 is 0 Å². The average Bonchev–Trinajstić information content (AvgIpc) is 2.56. The van der Waals surface area contributed by atoms with E-state index in [9.17, 15) is 0 Å². The molecule has 0 spiro atoms. The summed E-state index contributed by atoms with van der Waals surface area (Å²) in [5.74, 6) is 6.42. The molecule has 0 aliphatic carbocycles. The van der Waals surface area contributed by atoms with Crippen molar-refractivity contribution in [1.82, 2.24) is 4.98 Å². The minimum atomic E-state index is 0.745. The normalized spacial score (nSPS) is 10.3. The number of aryl methyl sites for hydroxylation is 1. The fourth-order valence-corrected chi connectivity index (χ4v) is 2.28. The smallest absolute Gasteiger partial charge is 0.132 e. The summed E-state index contributed by atoms with van der Waals surface area (Å²) in [6.07, 6.45) is 1.82. The number of nitrogens with zero attached hydrogens (tertiary/aromatic N) is 1. The molecule has 0 aliphatic rings. The number of benzene rings is 2.